The van der Waals surface area contributed by atoms with Crippen LogP contribution < -0.4 is 0 Å². The summed E-state index contributed by atoms with van der Waals surface area (Å²) in [6, 6.07) is 3.92. The highest BCUT2D eigenvalue weighted by atomic mass is 16.3. The molecule has 0 fully saturated rings. The van der Waals surface area contributed by atoms with Crippen LogP contribution in [0.3, 0.4) is 0 Å². The molecule has 0 radical (unpaired) electrons. The molecule has 4 nitrogen and oxygen atoms in total. The van der Waals surface area contributed by atoms with Crippen molar-refractivity contribution in [2.24, 2.45) is 11.8 Å². The summed E-state index contributed by atoms with van der Waals surface area (Å²) >= 11 is 0. The van der Waals surface area contributed by atoms with E-state index in [2.05, 4.69) is 27.7 Å². The second-order valence-electron chi connectivity index (χ2n) is 6.77. The summed E-state index contributed by atoms with van der Waals surface area (Å²) in [6.45, 7) is 13.3. The second-order valence-corrected chi connectivity index (χ2v) is 6.77. The third-order valence-corrected chi connectivity index (χ3v) is 3.15. The smallest absolute Gasteiger partial charge is 0.236 e. The van der Waals surface area contributed by atoms with E-state index in [0.717, 1.165) is 24.6 Å². The Hall–Kier alpha value is -1.29. The summed E-state index contributed by atoms with van der Waals surface area (Å²) in [5, 5.41) is 0. The summed E-state index contributed by atoms with van der Waals surface area (Å²) in [5.41, 5.74) is 0. The first kappa shape index (κ1) is 17.8. The molecule has 120 valence electrons. The van der Waals surface area contributed by atoms with Crippen LogP contribution in [0.5, 0.6) is 0 Å². The average Bonchev–Trinajstić information content (AvgIpc) is 2.72. The van der Waals surface area contributed by atoms with E-state index >= 15 is 0 Å². The molecule has 4 heteroatoms. The van der Waals surface area contributed by atoms with Crippen molar-refractivity contribution in [2.45, 2.75) is 41.2 Å². The fraction of sp³-hybridized carbons (Fsp3) is 0.706. The zero-order chi connectivity index (χ0) is 16.0. The Bertz CT molecular complexity index is 428. The van der Waals surface area contributed by atoms with Gasteiger partial charge in [0, 0.05) is 13.1 Å². The van der Waals surface area contributed by atoms with E-state index in [1.165, 1.54) is 0 Å². The summed E-state index contributed by atoms with van der Waals surface area (Å²) < 4.78 is 5.56. The largest absolute Gasteiger partial charge is 0.465 e. The van der Waals surface area contributed by atoms with Crippen LogP contribution >= 0.6 is 0 Å². The number of rotatable bonds is 8. The lowest BCUT2D eigenvalue weighted by Gasteiger charge is -2.28. The Morgan fingerprint density at radius 2 is 1.71 bits per heavy atom. The van der Waals surface area contributed by atoms with Gasteiger partial charge in [0.1, 0.15) is 11.5 Å². The Morgan fingerprint density at radius 1 is 1.14 bits per heavy atom. The minimum atomic E-state index is 0.197. The zero-order valence-corrected chi connectivity index (χ0v) is 14.3. The average molecular weight is 294 g/mol. The van der Waals surface area contributed by atoms with Gasteiger partial charge in [0.2, 0.25) is 5.91 Å². The van der Waals surface area contributed by atoms with Crippen LogP contribution in [0.4, 0.5) is 0 Å². The molecule has 0 saturated carbocycles. The number of furan rings is 1. The quantitative estimate of drug-likeness (QED) is 0.739. The molecule has 1 amide bonds. The standard InChI is InChI=1S/C17H30N2O2/c1-13(2)9-19(10-14(3)4)17(20)12-18(6)11-16-8-7-15(5)21-16/h7-8,13-14H,9-12H2,1-6H3. The normalized spacial score (nSPS) is 11.7. The molecule has 0 unspecified atom stereocenters. The maximum Gasteiger partial charge on any atom is 0.236 e. The van der Waals surface area contributed by atoms with Gasteiger partial charge in [0.15, 0.2) is 0 Å². The highest BCUT2D eigenvalue weighted by Crippen LogP contribution is 2.10. The van der Waals surface area contributed by atoms with Gasteiger partial charge in [-0.1, -0.05) is 27.7 Å². The summed E-state index contributed by atoms with van der Waals surface area (Å²) in [6.07, 6.45) is 0. The van der Waals surface area contributed by atoms with Crippen LogP contribution in [0.2, 0.25) is 0 Å². The summed E-state index contributed by atoms with van der Waals surface area (Å²) in [5.74, 6) is 2.99. The van der Waals surface area contributed by atoms with Gasteiger partial charge in [-0.05, 0) is 37.9 Å². The van der Waals surface area contributed by atoms with E-state index in [1.54, 1.807) is 0 Å². The third kappa shape index (κ3) is 6.80. The molecular weight excluding hydrogens is 264 g/mol. The van der Waals surface area contributed by atoms with E-state index in [0.29, 0.717) is 24.9 Å². The van der Waals surface area contributed by atoms with E-state index < -0.39 is 0 Å². The highest BCUT2D eigenvalue weighted by Gasteiger charge is 2.18. The van der Waals surface area contributed by atoms with Crippen LogP contribution in [0.15, 0.2) is 16.5 Å². The van der Waals surface area contributed by atoms with Crippen molar-refractivity contribution in [2.75, 3.05) is 26.7 Å². The lowest BCUT2D eigenvalue weighted by atomic mass is 10.1. The molecular formula is C17H30N2O2. The Balaban J connectivity index is 2.54. The molecule has 1 rings (SSSR count). The third-order valence-electron chi connectivity index (χ3n) is 3.15. The molecule has 0 aliphatic heterocycles. The topological polar surface area (TPSA) is 36.7 Å². The van der Waals surface area contributed by atoms with Crippen LogP contribution in [0.1, 0.15) is 39.2 Å². The molecule has 0 aliphatic carbocycles. The van der Waals surface area contributed by atoms with Crippen LogP contribution in [0.25, 0.3) is 0 Å². The van der Waals surface area contributed by atoms with Crippen LogP contribution in [0, 0.1) is 18.8 Å². The first-order valence-electron chi connectivity index (χ1n) is 7.79. The number of hydrogen-bond acceptors (Lipinski definition) is 3. The van der Waals surface area contributed by atoms with E-state index in [-0.39, 0.29) is 5.91 Å². The Morgan fingerprint density at radius 3 is 2.14 bits per heavy atom. The Labute approximate surface area is 129 Å². The fourth-order valence-electron chi connectivity index (χ4n) is 2.38. The van der Waals surface area contributed by atoms with Crippen molar-refractivity contribution in [1.82, 2.24) is 9.80 Å². The van der Waals surface area contributed by atoms with E-state index in [9.17, 15) is 4.79 Å². The SMILES string of the molecule is Cc1ccc(CN(C)CC(=O)N(CC(C)C)CC(C)C)o1. The molecule has 0 spiro atoms. The van der Waals surface area contributed by atoms with Gasteiger partial charge >= 0.3 is 0 Å². The molecule has 0 bridgehead atoms. The molecule has 0 atom stereocenters. The van der Waals surface area contributed by atoms with Gasteiger partial charge in [-0.2, -0.15) is 0 Å². The number of aryl methyl sites for hydroxylation is 1. The monoisotopic (exact) mass is 294 g/mol. The molecule has 1 aromatic heterocycles. The van der Waals surface area contributed by atoms with Gasteiger partial charge < -0.3 is 9.32 Å². The first-order chi connectivity index (χ1) is 9.77. The van der Waals surface area contributed by atoms with Crippen molar-refractivity contribution in [3.63, 3.8) is 0 Å². The summed E-state index contributed by atoms with van der Waals surface area (Å²) in [4.78, 5) is 16.5. The maximum absolute atomic E-state index is 12.5. The predicted molar refractivity (Wildman–Crippen MR) is 86.0 cm³/mol. The van der Waals surface area contributed by atoms with E-state index in [1.807, 2.05) is 35.9 Å². The predicted octanol–water partition coefficient (Wildman–Crippen LogP) is 3.16. The first-order valence-corrected chi connectivity index (χ1v) is 7.79. The molecule has 1 aromatic rings. The fourth-order valence-corrected chi connectivity index (χ4v) is 2.38. The van der Waals surface area contributed by atoms with Crippen molar-refractivity contribution >= 4 is 5.91 Å². The maximum atomic E-state index is 12.5. The molecule has 1 heterocycles. The molecule has 0 N–H and O–H groups in total. The van der Waals surface area contributed by atoms with Gasteiger partial charge in [0.05, 0.1) is 13.1 Å². The number of carbonyl (C=O) groups is 1. The lowest BCUT2D eigenvalue weighted by Crippen LogP contribution is -2.42. The Kier molecular flexibility index (Phi) is 6.96. The zero-order valence-electron chi connectivity index (χ0n) is 14.3. The van der Waals surface area contributed by atoms with Crippen molar-refractivity contribution in [1.29, 1.82) is 0 Å². The number of hydrogen-bond donors (Lipinski definition) is 0. The minimum absolute atomic E-state index is 0.197. The number of nitrogens with zero attached hydrogens (tertiary/aromatic N) is 2. The van der Waals surface area contributed by atoms with Crippen molar-refractivity contribution < 1.29 is 9.21 Å². The van der Waals surface area contributed by atoms with E-state index in [4.69, 9.17) is 4.42 Å². The van der Waals surface area contributed by atoms with Crippen LogP contribution in [-0.4, -0.2) is 42.4 Å². The van der Waals surface area contributed by atoms with Gasteiger partial charge in [0.25, 0.3) is 0 Å². The van der Waals surface area contributed by atoms with Gasteiger partial charge in [-0.3, -0.25) is 9.69 Å². The lowest BCUT2D eigenvalue weighted by molar-refractivity contribution is -0.133. The minimum Gasteiger partial charge on any atom is -0.465 e. The van der Waals surface area contributed by atoms with Crippen molar-refractivity contribution in [3.05, 3.63) is 23.7 Å². The molecule has 21 heavy (non-hydrogen) atoms. The second kappa shape index (κ2) is 8.23. The highest BCUT2D eigenvalue weighted by molar-refractivity contribution is 5.78. The number of likely N-dealkylation sites (N-methyl/N-ethyl adjacent to an activating group) is 1. The molecule has 0 aromatic carbocycles. The van der Waals surface area contributed by atoms with Crippen molar-refractivity contribution in [3.8, 4) is 0 Å². The summed E-state index contributed by atoms with van der Waals surface area (Å²) in [7, 11) is 1.96. The van der Waals surface area contributed by atoms with Gasteiger partial charge in [-0.25, -0.2) is 0 Å². The van der Waals surface area contributed by atoms with Crippen LogP contribution in [-0.2, 0) is 11.3 Å². The molecule has 0 aliphatic rings. The number of carbonyl (C=O) groups excluding carboxylic acids is 1. The number of amides is 1. The molecule has 0 saturated heterocycles. The van der Waals surface area contributed by atoms with Gasteiger partial charge in [-0.15, -0.1) is 0 Å².